The number of nitrogens with one attached hydrogen (secondary N) is 1. The summed E-state index contributed by atoms with van der Waals surface area (Å²) in [5.41, 5.74) is 3.07. The maximum Gasteiger partial charge on any atom is 0.255 e. The standard InChI is InChI=1S/C22H22N4O2/c1-16(27)18-4-3-5-20(14-18)25-21-7-6-19(15-24-21)22(28)26(2)13-10-17-8-11-23-12-9-17/h3-9,11-12,14-15H,10,13H2,1-2H3,(H,24,25). The van der Waals surface area contributed by atoms with E-state index in [0.717, 1.165) is 17.7 Å². The Kier molecular flexibility index (Phi) is 6.11. The Morgan fingerprint density at radius 3 is 2.50 bits per heavy atom. The summed E-state index contributed by atoms with van der Waals surface area (Å²) >= 11 is 0. The van der Waals surface area contributed by atoms with Crippen molar-refractivity contribution >= 4 is 23.2 Å². The number of hydrogen-bond donors (Lipinski definition) is 1. The summed E-state index contributed by atoms with van der Waals surface area (Å²) in [5, 5.41) is 3.15. The molecule has 3 aromatic rings. The summed E-state index contributed by atoms with van der Waals surface area (Å²) in [4.78, 5) is 34.1. The fourth-order valence-corrected chi connectivity index (χ4v) is 2.73. The molecule has 3 rings (SSSR count). The molecule has 28 heavy (non-hydrogen) atoms. The predicted octanol–water partition coefficient (Wildman–Crippen LogP) is 3.74. The third-order valence-electron chi connectivity index (χ3n) is 4.38. The van der Waals surface area contributed by atoms with Gasteiger partial charge in [0.15, 0.2) is 5.78 Å². The van der Waals surface area contributed by atoms with Crippen LogP contribution in [0.3, 0.4) is 0 Å². The molecular formula is C22H22N4O2. The van der Waals surface area contributed by atoms with Crippen LogP contribution in [-0.4, -0.2) is 40.2 Å². The molecule has 0 aliphatic heterocycles. The Morgan fingerprint density at radius 2 is 1.82 bits per heavy atom. The fourth-order valence-electron chi connectivity index (χ4n) is 2.73. The highest BCUT2D eigenvalue weighted by Gasteiger charge is 2.12. The van der Waals surface area contributed by atoms with Gasteiger partial charge in [0.2, 0.25) is 0 Å². The highest BCUT2D eigenvalue weighted by molar-refractivity contribution is 5.95. The van der Waals surface area contributed by atoms with E-state index in [1.807, 2.05) is 24.3 Å². The quantitative estimate of drug-likeness (QED) is 0.638. The van der Waals surface area contributed by atoms with Crippen molar-refractivity contribution in [3.8, 4) is 0 Å². The van der Waals surface area contributed by atoms with E-state index in [-0.39, 0.29) is 11.7 Å². The van der Waals surface area contributed by atoms with Crippen LogP contribution in [0.4, 0.5) is 11.5 Å². The molecule has 0 spiro atoms. The van der Waals surface area contributed by atoms with Crippen LogP contribution in [0.15, 0.2) is 67.1 Å². The van der Waals surface area contributed by atoms with Crippen molar-refractivity contribution in [3.63, 3.8) is 0 Å². The minimum atomic E-state index is -0.0771. The zero-order chi connectivity index (χ0) is 19.9. The lowest BCUT2D eigenvalue weighted by Gasteiger charge is -2.17. The number of Topliss-reactive ketones (excluding diaryl/α,β-unsaturated/α-hetero) is 1. The molecule has 2 aromatic heterocycles. The zero-order valence-electron chi connectivity index (χ0n) is 15.9. The lowest BCUT2D eigenvalue weighted by Crippen LogP contribution is -2.28. The molecule has 6 nitrogen and oxygen atoms in total. The first-order valence-electron chi connectivity index (χ1n) is 9.01. The molecule has 0 radical (unpaired) electrons. The van der Waals surface area contributed by atoms with Gasteiger partial charge in [0, 0.05) is 43.4 Å². The van der Waals surface area contributed by atoms with Gasteiger partial charge in [-0.15, -0.1) is 0 Å². The Hall–Kier alpha value is -3.54. The number of carbonyl (C=O) groups is 2. The van der Waals surface area contributed by atoms with E-state index < -0.39 is 0 Å². The first-order valence-corrected chi connectivity index (χ1v) is 9.01. The molecule has 142 valence electrons. The summed E-state index contributed by atoms with van der Waals surface area (Å²) in [6.45, 7) is 2.14. The van der Waals surface area contributed by atoms with Crippen LogP contribution in [0.2, 0.25) is 0 Å². The maximum atomic E-state index is 12.6. The maximum absolute atomic E-state index is 12.6. The summed E-state index contributed by atoms with van der Waals surface area (Å²) in [6.07, 6.45) is 5.82. The van der Waals surface area contributed by atoms with Gasteiger partial charge in [-0.1, -0.05) is 12.1 Å². The number of aromatic nitrogens is 2. The second-order valence-corrected chi connectivity index (χ2v) is 6.53. The number of carbonyl (C=O) groups excluding carboxylic acids is 2. The molecule has 6 heteroatoms. The van der Waals surface area contributed by atoms with E-state index in [9.17, 15) is 9.59 Å². The molecule has 1 aromatic carbocycles. The molecule has 0 saturated heterocycles. The van der Waals surface area contributed by atoms with Crippen molar-refractivity contribution in [1.29, 1.82) is 0 Å². The zero-order valence-corrected chi connectivity index (χ0v) is 15.9. The second kappa shape index (κ2) is 8.90. The van der Waals surface area contributed by atoms with Gasteiger partial charge >= 0.3 is 0 Å². The van der Waals surface area contributed by atoms with Crippen molar-refractivity contribution in [2.24, 2.45) is 0 Å². The Balaban J connectivity index is 1.60. The van der Waals surface area contributed by atoms with Gasteiger partial charge in [0.05, 0.1) is 5.56 Å². The number of ketones is 1. The average Bonchev–Trinajstić information content (AvgIpc) is 2.73. The number of hydrogen-bond acceptors (Lipinski definition) is 5. The molecule has 0 aliphatic carbocycles. The molecule has 0 aliphatic rings. The Labute approximate surface area is 164 Å². The number of anilines is 2. The molecule has 0 unspecified atom stereocenters. The topological polar surface area (TPSA) is 75.2 Å². The Morgan fingerprint density at radius 1 is 1.04 bits per heavy atom. The monoisotopic (exact) mass is 374 g/mol. The van der Waals surface area contributed by atoms with Gasteiger partial charge in [-0.3, -0.25) is 14.6 Å². The van der Waals surface area contributed by atoms with Crippen molar-refractivity contribution in [3.05, 3.63) is 83.8 Å². The van der Waals surface area contributed by atoms with Gasteiger partial charge in [-0.05, 0) is 55.3 Å². The summed E-state index contributed by atoms with van der Waals surface area (Å²) in [7, 11) is 1.78. The van der Waals surface area contributed by atoms with Crippen LogP contribution >= 0.6 is 0 Å². The molecule has 0 atom stereocenters. The van der Waals surface area contributed by atoms with Gasteiger partial charge < -0.3 is 10.2 Å². The molecule has 2 heterocycles. The number of pyridine rings is 2. The van der Waals surface area contributed by atoms with E-state index in [1.165, 1.54) is 6.92 Å². The van der Waals surface area contributed by atoms with E-state index in [0.29, 0.717) is 23.5 Å². The number of nitrogens with zero attached hydrogens (tertiary/aromatic N) is 3. The fraction of sp³-hybridized carbons (Fsp3) is 0.182. The highest BCUT2D eigenvalue weighted by atomic mass is 16.2. The van der Waals surface area contributed by atoms with Crippen LogP contribution in [-0.2, 0) is 6.42 Å². The lowest BCUT2D eigenvalue weighted by atomic mass is 10.1. The number of benzene rings is 1. The van der Waals surface area contributed by atoms with E-state index in [4.69, 9.17) is 0 Å². The largest absolute Gasteiger partial charge is 0.341 e. The average molecular weight is 374 g/mol. The van der Waals surface area contributed by atoms with Crippen molar-refractivity contribution < 1.29 is 9.59 Å². The van der Waals surface area contributed by atoms with E-state index >= 15 is 0 Å². The first-order chi connectivity index (χ1) is 13.5. The third-order valence-corrected chi connectivity index (χ3v) is 4.38. The SMILES string of the molecule is CC(=O)c1cccc(Nc2ccc(C(=O)N(C)CCc3ccncc3)cn2)c1. The van der Waals surface area contributed by atoms with Gasteiger partial charge in [0.25, 0.3) is 5.91 Å². The Bertz CT molecular complexity index is 956. The summed E-state index contributed by atoms with van der Waals surface area (Å²) < 4.78 is 0. The smallest absolute Gasteiger partial charge is 0.255 e. The van der Waals surface area contributed by atoms with E-state index in [2.05, 4.69) is 15.3 Å². The molecule has 0 saturated carbocycles. The molecule has 1 amide bonds. The van der Waals surface area contributed by atoms with Crippen molar-refractivity contribution in [1.82, 2.24) is 14.9 Å². The summed E-state index contributed by atoms with van der Waals surface area (Å²) in [6, 6.07) is 14.6. The van der Waals surface area contributed by atoms with Crippen molar-refractivity contribution in [2.75, 3.05) is 18.9 Å². The highest BCUT2D eigenvalue weighted by Crippen LogP contribution is 2.17. The molecular weight excluding hydrogens is 352 g/mol. The number of amides is 1. The minimum Gasteiger partial charge on any atom is -0.341 e. The van der Waals surface area contributed by atoms with Gasteiger partial charge in [0.1, 0.15) is 5.82 Å². The van der Waals surface area contributed by atoms with Crippen LogP contribution < -0.4 is 5.32 Å². The first kappa shape index (κ1) is 19.2. The molecule has 0 fully saturated rings. The van der Waals surface area contributed by atoms with Crippen molar-refractivity contribution in [2.45, 2.75) is 13.3 Å². The summed E-state index contributed by atoms with van der Waals surface area (Å²) in [5.74, 6) is 0.538. The molecule has 0 bridgehead atoms. The number of rotatable bonds is 7. The second-order valence-electron chi connectivity index (χ2n) is 6.53. The van der Waals surface area contributed by atoms with Crippen LogP contribution in [0.5, 0.6) is 0 Å². The lowest BCUT2D eigenvalue weighted by molar-refractivity contribution is 0.0796. The van der Waals surface area contributed by atoms with E-state index in [1.54, 1.807) is 54.8 Å². The van der Waals surface area contributed by atoms with Gasteiger partial charge in [-0.25, -0.2) is 4.98 Å². The predicted molar refractivity (Wildman–Crippen MR) is 109 cm³/mol. The minimum absolute atomic E-state index is 0.00681. The normalized spacial score (nSPS) is 10.4. The third kappa shape index (κ3) is 5.01. The van der Waals surface area contributed by atoms with Gasteiger partial charge in [-0.2, -0.15) is 0 Å². The van der Waals surface area contributed by atoms with Crippen LogP contribution in [0, 0.1) is 0 Å². The molecule has 1 N–H and O–H groups in total. The van der Waals surface area contributed by atoms with Crippen LogP contribution in [0.25, 0.3) is 0 Å². The van der Waals surface area contributed by atoms with Crippen LogP contribution in [0.1, 0.15) is 33.2 Å². The number of likely N-dealkylation sites (N-methyl/N-ethyl adjacent to an activating group) is 1.